The Bertz CT molecular complexity index is 364. The van der Waals surface area contributed by atoms with Crippen molar-refractivity contribution in [2.24, 2.45) is 5.73 Å². The lowest BCUT2D eigenvalue weighted by atomic mass is 9.75. The van der Waals surface area contributed by atoms with Crippen LogP contribution in [0.3, 0.4) is 0 Å². The van der Waals surface area contributed by atoms with Gasteiger partial charge >= 0.3 is 0 Å². The largest absolute Gasteiger partial charge is 0.329 e. The lowest BCUT2D eigenvalue weighted by Gasteiger charge is -2.48. The Morgan fingerprint density at radius 3 is 2.59 bits per heavy atom. The van der Waals surface area contributed by atoms with Crippen molar-refractivity contribution in [1.29, 1.82) is 0 Å². The first kappa shape index (κ1) is 11.2. The van der Waals surface area contributed by atoms with Crippen molar-refractivity contribution in [3.8, 4) is 0 Å². The number of benzene rings is 1. The summed E-state index contributed by atoms with van der Waals surface area (Å²) in [7, 11) is 0. The molecule has 2 heteroatoms. The molecule has 2 N–H and O–H groups in total. The van der Waals surface area contributed by atoms with E-state index in [1.54, 1.807) is 0 Å². The highest BCUT2D eigenvalue weighted by Gasteiger charge is 2.44. The Kier molecular flexibility index (Phi) is 2.93. The summed E-state index contributed by atoms with van der Waals surface area (Å²) in [6, 6.07) is 10.9. The molecule has 1 atom stereocenters. The highest BCUT2D eigenvalue weighted by Crippen LogP contribution is 2.41. The summed E-state index contributed by atoms with van der Waals surface area (Å²) in [5.41, 5.74) is 7.86. The van der Waals surface area contributed by atoms with Gasteiger partial charge in [0.1, 0.15) is 0 Å². The van der Waals surface area contributed by atoms with Gasteiger partial charge in [0.2, 0.25) is 0 Å². The fraction of sp³-hybridized carbons (Fsp3) is 0.600. The topological polar surface area (TPSA) is 29.3 Å². The van der Waals surface area contributed by atoms with Crippen LogP contribution in [-0.2, 0) is 0 Å². The number of hydrogen-bond donors (Lipinski definition) is 1. The van der Waals surface area contributed by atoms with Crippen LogP contribution in [0.5, 0.6) is 0 Å². The lowest BCUT2D eigenvalue weighted by molar-refractivity contribution is 0.0432. The summed E-state index contributed by atoms with van der Waals surface area (Å²) in [6.07, 6.45) is 5.28. The second-order valence-corrected chi connectivity index (χ2v) is 5.62. The van der Waals surface area contributed by atoms with Gasteiger partial charge in [0.05, 0.1) is 0 Å². The molecule has 1 aliphatic carbocycles. The van der Waals surface area contributed by atoms with E-state index >= 15 is 0 Å². The Balaban J connectivity index is 1.70. The monoisotopic (exact) mass is 230 g/mol. The molecular weight excluding hydrogens is 208 g/mol. The maximum absolute atomic E-state index is 5.99. The molecule has 2 nitrogen and oxygen atoms in total. The van der Waals surface area contributed by atoms with E-state index in [0.717, 1.165) is 12.5 Å². The van der Waals surface area contributed by atoms with Crippen LogP contribution < -0.4 is 5.73 Å². The molecule has 2 fully saturated rings. The number of hydrogen-bond acceptors (Lipinski definition) is 2. The summed E-state index contributed by atoms with van der Waals surface area (Å²) >= 11 is 0. The Morgan fingerprint density at radius 2 is 2.00 bits per heavy atom. The molecule has 3 rings (SSSR count). The minimum Gasteiger partial charge on any atom is -0.329 e. The molecule has 2 aliphatic rings. The van der Waals surface area contributed by atoms with Crippen molar-refractivity contribution in [3.63, 3.8) is 0 Å². The molecule has 1 heterocycles. The zero-order chi connectivity index (χ0) is 11.7. The summed E-state index contributed by atoms with van der Waals surface area (Å²) < 4.78 is 0. The molecule has 1 saturated carbocycles. The first-order valence-electron chi connectivity index (χ1n) is 6.84. The maximum atomic E-state index is 5.99. The highest BCUT2D eigenvalue weighted by atomic mass is 15.2. The van der Waals surface area contributed by atoms with Gasteiger partial charge in [-0.3, -0.25) is 4.90 Å². The lowest BCUT2D eigenvalue weighted by Crippen LogP contribution is -2.57. The van der Waals surface area contributed by atoms with E-state index < -0.39 is 0 Å². The second kappa shape index (κ2) is 4.43. The fourth-order valence-electron chi connectivity index (χ4n) is 3.42. The zero-order valence-electron chi connectivity index (χ0n) is 10.4. The molecule has 1 aromatic carbocycles. The summed E-state index contributed by atoms with van der Waals surface area (Å²) in [5.74, 6) is 0.722. The quantitative estimate of drug-likeness (QED) is 0.863. The van der Waals surface area contributed by atoms with Gasteiger partial charge in [-0.15, -0.1) is 0 Å². The number of likely N-dealkylation sites (tertiary alicyclic amines) is 1. The fourth-order valence-corrected chi connectivity index (χ4v) is 3.42. The van der Waals surface area contributed by atoms with Gasteiger partial charge in [0, 0.05) is 18.6 Å². The van der Waals surface area contributed by atoms with Gasteiger partial charge in [0.15, 0.2) is 0 Å². The standard InChI is InChI=1S/C15H22N2/c16-12-15(8-4-9-15)17-10-7-14(11-17)13-5-2-1-3-6-13/h1-3,5-6,14H,4,7-12,16H2. The van der Waals surface area contributed by atoms with Crippen LogP contribution in [0.15, 0.2) is 30.3 Å². The first-order chi connectivity index (χ1) is 8.34. The molecule has 17 heavy (non-hydrogen) atoms. The van der Waals surface area contributed by atoms with Crippen molar-refractivity contribution in [2.75, 3.05) is 19.6 Å². The number of rotatable bonds is 3. The molecule has 1 saturated heterocycles. The predicted molar refractivity (Wildman–Crippen MR) is 71.0 cm³/mol. The Labute approximate surface area is 104 Å². The van der Waals surface area contributed by atoms with Gasteiger partial charge in [-0.1, -0.05) is 30.3 Å². The van der Waals surface area contributed by atoms with E-state index in [-0.39, 0.29) is 0 Å². The molecule has 92 valence electrons. The minimum absolute atomic E-state index is 0.365. The van der Waals surface area contributed by atoms with Crippen molar-refractivity contribution in [1.82, 2.24) is 4.90 Å². The molecule has 0 spiro atoms. The third-order valence-corrected chi connectivity index (χ3v) is 4.79. The van der Waals surface area contributed by atoms with Gasteiger partial charge in [-0.2, -0.15) is 0 Å². The average molecular weight is 230 g/mol. The van der Waals surface area contributed by atoms with Gasteiger partial charge < -0.3 is 5.73 Å². The highest BCUT2D eigenvalue weighted by molar-refractivity contribution is 5.21. The summed E-state index contributed by atoms with van der Waals surface area (Å²) in [5, 5.41) is 0. The van der Waals surface area contributed by atoms with Crippen molar-refractivity contribution in [3.05, 3.63) is 35.9 Å². The third-order valence-electron chi connectivity index (χ3n) is 4.79. The van der Waals surface area contributed by atoms with Crippen molar-refractivity contribution < 1.29 is 0 Å². The summed E-state index contributed by atoms with van der Waals surface area (Å²) in [4.78, 5) is 2.66. The van der Waals surface area contributed by atoms with E-state index in [9.17, 15) is 0 Å². The van der Waals surface area contributed by atoms with E-state index in [2.05, 4.69) is 35.2 Å². The maximum Gasteiger partial charge on any atom is 0.0332 e. The SMILES string of the molecule is NCC1(N2CCC(c3ccccc3)C2)CCC1. The smallest absolute Gasteiger partial charge is 0.0332 e. The molecule has 1 unspecified atom stereocenters. The van der Waals surface area contributed by atoms with Crippen LogP contribution >= 0.6 is 0 Å². The van der Waals surface area contributed by atoms with Crippen LogP contribution in [-0.4, -0.2) is 30.1 Å². The molecule has 0 radical (unpaired) electrons. The van der Waals surface area contributed by atoms with Crippen LogP contribution in [0.4, 0.5) is 0 Å². The van der Waals surface area contributed by atoms with Crippen LogP contribution in [0, 0.1) is 0 Å². The van der Waals surface area contributed by atoms with E-state index in [0.29, 0.717) is 5.54 Å². The average Bonchev–Trinajstić information content (AvgIpc) is 2.80. The molecule has 1 aromatic rings. The predicted octanol–water partition coefficient (Wildman–Crippen LogP) is 2.36. The normalized spacial score (nSPS) is 27.9. The van der Waals surface area contributed by atoms with Crippen LogP contribution in [0.1, 0.15) is 37.2 Å². The zero-order valence-corrected chi connectivity index (χ0v) is 10.4. The Morgan fingerprint density at radius 1 is 1.24 bits per heavy atom. The molecule has 1 aliphatic heterocycles. The summed E-state index contributed by atoms with van der Waals surface area (Å²) in [6.45, 7) is 3.28. The first-order valence-corrected chi connectivity index (χ1v) is 6.84. The van der Waals surface area contributed by atoms with E-state index in [4.69, 9.17) is 5.73 Å². The van der Waals surface area contributed by atoms with Crippen LogP contribution in [0.2, 0.25) is 0 Å². The molecule has 0 aromatic heterocycles. The minimum atomic E-state index is 0.365. The third kappa shape index (κ3) is 1.90. The van der Waals surface area contributed by atoms with Crippen molar-refractivity contribution in [2.45, 2.75) is 37.1 Å². The van der Waals surface area contributed by atoms with Gasteiger partial charge in [-0.05, 0) is 43.7 Å². The number of nitrogens with zero attached hydrogens (tertiary/aromatic N) is 1. The van der Waals surface area contributed by atoms with E-state index in [1.165, 1.54) is 44.3 Å². The molecule has 0 amide bonds. The van der Waals surface area contributed by atoms with Crippen LogP contribution in [0.25, 0.3) is 0 Å². The Hall–Kier alpha value is -0.860. The van der Waals surface area contributed by atoms with Gasteiger partial charge in [0.25, 0.3) is 0 Å². The van der Waals surface area contributed by atoms with Crippen molar-refractivity contribution >= 4 is 0 Å². The number of nitrogens with two attached hydrogens (primary N) is 1. The molecule has 0 bridgehead atoms. The van der Waals surface area contributed by atoms with Gasteiger partial charge in [-0.25, -0.2) is 0 Å². The molecular formula is C15H22N2. The van der Waals surface area contributed by atoms with E-state index in [1.807, 2.05) is 0 Å². The second-order valence-electron chi connectivity index (χ2n) is 5.62.